The maximum absolute atomic E-state index is 11.7. The van der Waals surface area contributed by atoms with Crippen LogP contribution in [-0.4, -0.2) is 40.6 Å². The molecule has 7 heteroatoms. The van der Waals surface area contributed by atoms with Crippen molar-refractivity contribution in [1.82, 2.24) is 16.0 Å². The van der Waals surface area contributed by atoms with Crippen molar-refractivity contribution in [3.63, 3.8) is 0 Å². The third-order valence-electron chi connectivity index (χ3n) is 2.25. The second-order valence-corrected chi connectivity index (χ2v) is 5.38. The second-order valence-electron chi connectivity index (χ2n) is 5.38. The van der Waals surface area contributed by atoms with Crippen LogP contribution < -0.4 is 16.0 Å². The number of carboxylic acid groups (broad SMARTS) is 1. The van der Waals surface area contributed by atoms with Gasteiger partial charge in [0.05, 0.1) is 0 Å². The molecule has 4 N–H and O–H groups in total. The Bertz CT molecular complexity index is 349. The number of carbonyl (C=O) groups excluding carboxylic acids is 2. The molecule has 0 aliphatic carbocycles. The van der Waals surface area contributed by atoms with Crippen LogP contribution in [0.15, 0.2) is 0 Å². The van der Waals surface area contributed by atoms with Crippen LogP contribution in [0.5, 0.6) is 0 Å². The first-order chi connectivity index (χ1) is 8.56. The lowest BCUT2D eigenvalue weighted by atomic mass is 10.1. The smallest absolute Gasteiger partial charge is 0.326 e. The van der Waals surface area contributed by atoms with E-state index in [-0.39, 0.29) is 12.3 Å². The van der Waals surface area contributed by atoms with Gasteiger partial charge in [-0.3, -0.25) is 4.79 Å². The van der Waals surface area contributed by atoms with Gasteiger partial charge >= 0.3 is 12.0 Å². The Morgan fingerprint density at radius 1 is 1.16 bits per heavy atom. The molecule has 1 unspecified atom stereocenters. The first-order valence-corrected chi connectivity index (χ1v) is 6.18. The molecule has 2 atom stereocenters. The number of hydrogen-bond donors (Lipinski definition) is 4. The van der Waals surface area contributed by atoms with Gasteiger partial charge in [-0.1, -0.05) is 6.92 Å². The molecule has 3 amide bonds. The molecule has 0 aromatic rings. The summed E-state index contributed by atoms with van der Waals surface area (Å²) in [6, 6.07) is -2.38. The van der Waals surface area contributed by atoms with Crippen molar-refractivity contribution in [2.45, 2.75) is 58.7 Å². The summed E-state index contributed by atoms with van der Waals surface area (Å²) in [6.07, 6.45) is 0.269. The lowest BCUT2D eigenvalue weighted by Crippen LogP contribution is -2.54. The second kappa shape index (κ2) is 6.96. The van der Waals surface area contributed by atoms with E-state index in [1.54, 1.807) is 6.92 Å². The van der Waals surface area contributed by atoms with Gasteiger partial charge in [0.1, 0.15) is 12.1 Å². The SMILES string of the molecule is CC[C@@H](NC(=O)NC(C)C(=O)NC(C)(C)C)C(=O)O. The molecular weight excluding hydrogens is 250 g/mol. The fraction of sp³-hybridized carbons (Fsp3) is 0.750. The molecule has 0 fully saturated rings. The van der Waals surface area contributed by atoms with E-state index in [2.05, 4.69) is 16.0 Å². The lowest BCUT2D eigenvalue weighted by Gasteiger charge is -2.24. The maximum atomic E-state index is 11.7. The van der Waals surface area contributed by atoms with E-state index < -0.39 is 29.6 Å². The van der Waals surface area contributed by atoms with Gasteiger partial charge in [0.15, 0.2) is 0 Å². The average Bonchev–Trinajstić information content (AvgIpc) is 2.22. The molecule has 0 heterocycles. The molecule has 0 aromatic heterocycles. The fourth-order valence-corrected chi connectivity index (χ4v) is 1.28. The van der Waals surface area contributed by atoms with E-state index in [9.17, 15) is 14.4 Å². The molecule has 0 rings (SSSR count). The lowest BCUT2D eigenvalue weighted by molar-refractivity contribution is -0.139. The highest BCUT2D eigenvalue weighted by atomic mass is 16.4. The molecule has 0 aromatic carbocycles. The van der Waals surface area contributed by atoms with E-state index in [1.165, 1.54) is 6.92 Å². The zero-order valence-electron chi connectivity index (χ0n) is 12.0. The van der Waals surface area contributed by atoms with Crippen molar-refractivity contribution >= 4 is 17.9 Å². The Labute approximate surface area is 113 Å². The van der Waals surface area contributed by atoms with Crippen LogP contribution in [-0.2, 0) is 9.59 Å². The van der Waals surface area contributed by atoms with E-state index in [1.807, 2.05) is 20.8 Å². The van der Waals surface area contributed by atoms with E-state index in [4.69, 9.17) is 5.11 Å². The van der Waals surface area contributed by atoms with Crippen LogP contribution in [0.1, 0.15) is 41.0 Å². The third kappa shape index (κ3) is 7.28. The van der Waals surface area contributed by atoms with Crippen LogP contribution in [0.3, 0.4) is 0 Å². The van der Waals surface area contributed by atoms with Crippen LogP contribution in [0, 0.1) is 0 Å². The molecule has 0 bridgehead atoms. The van der Waals surface area contributed by atoms with Gasteiger partial charge in [-0.25, -0.2) is 9.59 Å². The van der Waals surface area contributed by atoms with Crippen LogP contribution >= 0.6 is 0 Å². The summed E-state index contributed by atoms with van der Waals surface area (Å²) in [7, 11) is 0. The number of amides is 3. The average molecular weight is 273 g/mol. The predicted octanol–water partition coefficient (Wildman–Crippen LogP) is 0.452. The van der Waals surface area contributed by atoms with E-state index in [0.717, 1.165) is 0 Å². The number of rotatable bonds is 5. The number of urea groups is 1. The zero-order chi connectivity index (χ0) is 15.2. The quantitative estimate of drug-likeness (QED) is 0.583. The summed E-state index contributed by atoms with van der Waals surface area (Å²) in [4.78, 5) is 34.0. The number of aliphatic carboxylic acids is 1. The van der Waals surface area contributed by atoms with Gasteiger partial charge in [-0.2, -0.15) is 0 Å². The van der Waals surface area contributed by atoms with Gasteiger partial charge in [-0.15, -0.1) is 0 Å². The number of nitrogens with one attached hydrogen (secondary N) is 3. The number of carboxylic acids is 1. The van der Waals surface area contributed by atoms with E-state index >= 15 is 0 Å². The molecule has 0 saturated heterocycles. The van der Waals surface area contributed by atoms with Gasteiger partial charge in [0.25, 0.3) is 0 Å². The Kier molecular flexibility index (Phi) is 6.31. The largest absolute Gasteiger partial charge is 0.480 e. The number of carbonyl (C=O) groups is 3. The van der Waals surface area contributed by atoms with Crippen molar-refractivity contribution in [2.24, 2.45) is 0 Å². The van der Waals surface area contributed by atoms with Gasteiger partial charge in [-0.05, 0) is 34.1 Å². The normalized spacial score (nSPS) is 14.2. The molecule has 0 radical (unpaired) electrons. The van der Waals surface area contributed by atoms with Crippen LogP contribution in [0.2, 0.25) is 0 Å². The topological polar surface area (TPSA) is 108 Å². The highest BCUT2D eigenvalue weighted by Gasteiger charge is 2.23. The molecule has 0 aliphatic heterocycles. The van der Waals surface area contributed by atoms with Crippen molar-refractivity contribution in [2.75, 3.05) is 0 Å². The Hall–Kier alpha value is -1.79. The minimum atomic E-state index is -1.11. The number of hydrogen-bond acceptors (Lipinski definition) is 3. The Balaban J connectivity index is 4.33. The minimum absolute atomic E-state index is 0.269. The fourth-order valence-electron chi connectivity index (χ4n) is 1.28. The van der Waals surface area contributed by atoms with Crippen molar-refractivity contribution < 1.29 is 19.5 Å². The molecule has 0 saturated carbocycles. The van der Waals surface area contributed by atoms with Crippen LogP contribution in [0.4, 0.5) is 4.79 Å². The Morgan fingerprint density at radius 2 is 1.68 bits per heavy atom. The van der Waals surface area contributed by atoms with Crippen molar-refractivity contribution in [3.8, 4) is 0 Å². The molecule has 0 spiro atoms. The van der Waals surface area contributed by atoms with Crippen LogP contribution in [0.25, 0.3) is 0 Å². The third-order valence-corrected chi connectivity index (χ3v) is 2.25. The highest BCUT2D eigenvalue weighted by Crippen LogP contribution is 1.99. The maximum Gasteiger partial charge on any atom is 0.326 e. The Morgan fingerprint density at radius 3 is 2.05 bits per heavy atom. The molecule has 110 valence electrons. The van der Waals surface area contributed by atoms with Gasteiger partial charge in [0.2, 0.25) is 5.91 Å². The molecule has 7 nitrogen and oxygen atoms in total. The summed E-state index contributed by atoms with van der Waals surface area (Å²) < 4.78 is 0. The summed E-state index contributed by atoms with van der Waals surface area (Å²) in [5, 5.41) is 16.2. The minimum Gasteiger partial charge on any atom is -0.480 e. The summed E-state index contributed by atoms with van der Waals surface area (Å²) in [5.41, 5.74) is -0.392. The summed E-state index contributed by atoms with van der Waals surface area (Å²) in [6.45, 7) is 8.66. The predicted molar refractivity (Wildman–Crippen MR) is 70.7 cm³/mol. The van der Waals surface area contributed by atoms with Gasteiger partial charge < -0.3 is 21.1 Å². The van der Waals surface area contributed by atoms with Crippen molar-refractivity contribution in [3.05, 3.63) is 0 Å². The standard InChI is InChI=1S/C12H23N3O4/c1-6-8(10(17)18)14-11(19)13-7(2)9(16)15-12(3,4)5/h7-8H,6H2,1-5H3,(H,15,16)(H,17,18)(H2,13,14,19)/t7?,8-/m1/s1. The first-order valence-electron chi connectivity index (χ1n) is 6.18. The molecular formula is C12H23N3O4. The summed E-state index contributed by atoms with van der Waals surface area (Å²) in [5.74, 6) is -1.43. The molecule has 0 aliphatic rings. The molecule has 19 heavy (non-hydrogen) atoms. The highest BCUT2D eigenvalue weighted by molar-refractivity contribution is 5.88. The van der Waals surface area contributed by atoms with Crippen molar-refractivity contribution in [1.29, 1.82) is 0 Å². The first kappa shape index (κ1) is 17.2. The zero-order valence-corrected chi connectivity index (χ0v) is 12.0. The monoisotopic (exact) mass is 273 g/mol. The van der Waals surface area contributed by atoms with E-state index in [0.29, 0.717) is 0 Å². The van der Waals surface area contributed by atoms with Gasteiger partial charge in [0, 0.05) is 5.54 Å². The summed E-state index contributed by atoms with van der Waals surface area (Å²) >= 11 is 0.